The van der Waals surface area contributed by atoms with Crippen LogP contribution in [0.2, 0.25) is 0 Å². The van der Waals surface area contributed by atoms with Crippen LogP contribution in [0.3, 0.4) is 0 Å². The molecule has 31 heavy (non-hydrogen) atoms. The molecular weight excluding hydrogens is 392 g/mol. The molecule has 2 aromatic rings. The van der Waals surface area contributed by atoms with Crippen molar-refractivity contribution in [2.75, 3.05) is 41.3 Å². The van der Waals surface area contributed by atoms with Gasteiger partial charge in [-0.05, 0) is 76.5 Å². The van der Waals surface area contributed by atoms with Crippen LogP contribution in [-0.4, -0.2) is 72.9 Å². The van der Waals surface area contributed by atoms with Crippen LogP contribution in [0.15, 0.2) is 47.3 Å². The highest BCUT2D eigenvalue weighted by Gasteiger charge is 2.33. The van der Waals surface area contributed by atoms with Gasteiger partial charge in [0, 0.05) is 41.3 Å². The Labute approximate surface area is 181 Å². The molecule has 1 aromatic carbocycles. The molecule has 0 saturated heterocycles. The monoisotopic (exact) mass is 420 g/mol. The maximum Gasteiger partial charge on any atom is 0.252 e. The van der Waals surface area contributed by atoms with Crippen LogP contribution in [0.4, 0.5) is 0 Å². The van der Waals surface area contributed by atoms with Gasteiger partial charge >= 0.3 is 0 Å². The third-order valence-corrected chi connectivity index (χ3v) is 5.78. The second-order valence-corrected chi connectivity index (χ2v) is 8.63. The van der Waals surface area contributed by atoms with Crippen LogP contribution in [0, 0.1) is 0 Å². The molecule has 1 aliphatic carbocycles. The number of aromatic hydroxyl groups is 1. The average Bonchev–Trinajstić information content (AvgIpc) is 3.25. The summed E-state index contributed by atoms with van der Waals surface area (Å²) in [6.07, 6.45) is 6.52. The van der Waals surface area contributed by atoms with Crippen molar-refractivity contribution in [3.8, 4) is 5.75 Å². The molecule has 0 unspecified atom stereocenters. The first kappa shape index (κ1) is 21.1. The highest BCUT2D eigenvalue weighted by molar-refractivity contribution is 6.22. The van der Waals surface area contributed by atoms with E-state index in [0.29, 0.717) is 40.9 Å². The van der Waals surface area contributed by atoms with Crippen LogP contribution in [0.1, 0.15) is 17.5 Å². The van der Waals surface area contributed by atoms with Gasteiger partial charge in [-0.3, -0.25) is 9.59 Å². The van der Waals surface area contributed by atoms with Gasteiger partial charge in [0.05, 0.1) is 11.3 Å². The normalized spacial score (nSPS) is 16.3. The van der Waals surface area contributed by atoms with Crippen molar-refractivity contribution in [3.05, 3.63) is 58.5 Å². The summed E-state index contributed by atoms with van der Waals surface area (Å²) in [7, 11) is 7.89. The summed E-state index contributed by atoms with van der Waals surface area (Å²) in [5.41, 5.74) is 4.54. The largest absolute Gasteiger partial charge is 0.507 e. The molecule has 162 valence electrons. The first-order valence-electron chi connectivity index (χ1n) is 10.4. The second kappa shape index (κ2) is 8.17. The van der Waals surface area contributed by atoms with E-state index in [2.05, 4.69) is 15.2 Å². The van der Waals surface area contributed by atoms with Crippen molar-refractivity contribution in [2.45, 2.75) is 12.8 Å². The van der Waals surface area contributed by atoms with Crippen molar-refractivity contribution < 1.29 is 14.7 Å². The van der Waals surface area contributed by atoms with Crippen molar-refractivity contribution in [1.29, 1.82) is 0 Å². The van der Waals surface area contributed by atoms with Gasteiger partial charge < -0.3 is 25.2 Å². The van der Waals surface area contributed by atoms with Crippen LogP contribution in [-0.2, 0) is 16.0 Å². The number of rotatable bonds is 7. The Balaban J connectivity index is 1.72. The lowest BCUT2D eigenvalue weighted by Crippen LogP contribution is -2.20. The molecule has 2 aliphatic rings. The number of phenols is 1. The minimum Gasteiger partial charge on any atom is -0.507 e. The van der Waals surface area contributed by atoms with Crippen LogP contribution >= 0.6 is 0 Å². The number of nitrogens with one attached hydrogen (secondary N) is 2. The molecule has 7 heteroatoms. The Morgan fingerprint density at radius 3 is 2.39 bits per heavy atom. The molecule has 3 N–H and O–H groups in total. The Hall–Kier alpha value is -3.16. The van der Waals surface area contributed by atoms with Gasteiger partial charge in [-0.2, -0.15) is 0 Å². The standard InChI is InChI=1S/C24H28N4O3/c1-27(2)9-7-14-13-25-18-6-5-16(23(30)21(14)18)15-11-19-22(20(29)12-15)17(24(31)26-19)8-10-28(3)4/h5-6,11-13,25,30H,7-10H2,1-4H3,(H,26,31). The minimum atomic E-state index is -0.220. The number of aromatic nitrogens is 1. The third-order valence-electron chi connectivity index (χ3n) is 5.78. The Morgan fingerprint density at radius 1 is 0.968 bits per heavy atom. The van der Waals surface area contributed by atoms with Gasteiger partial charge in [-0.25, -0.2) is 0 Å². The Kier molecular flexibility index (Phi) is 5.56. The molecule has 4 rings (SSSR count). The molecule has 0 saturated carbocycles. The first-order chi connectivity index (χ1) is 14.8. The average molecular weight is 421 g/mol. The quantitative estimate of drug-likeness (QED) is 0.639. The summed E-state index contributed by atoms with van der Waals surface area (Å²) in [5, 5.41) is 14.7. The topological polar surface area (TPSA) is 88.7 Å². The van der Waals surface area contributed by atoms with E-state index < -0.39 is 0 Å². The molecule has 0 spiro atoms. The predicted octanol–water partition coefficient (Wildman–Crippen LogP) is 2.21. The van der Waals surface area contributed by atoms with E-state index >= 15 is 0 Å². The van der Waals surface area contributed by atoms with E-state index in [4.69, 9.17) is 0 Å². The van der Waals surface area contributed by atoms with Gasteiger partial charge in [-0.15, -0.1) is 0 Å². The molecule has 1 aliphatic heterocycles. The molecule has 7 nitrogen and oxygen atoms in total. The molecule has 1 aromatic heterocycles. The number of hydrogen-bond donors (Lipinski definition) is 3. The molecule has 2 heterocycles. The van der Waals surface area contributed by atoms with Gasteiger partial charge in [0.25, 0.3) is 5.91 Å². The smallest absolute Gasteiger partial charge is 0.252 e. The number of H-pyrrole nitrogens is 1. The van der Waals surface area contributed by atoms with Crippen LogP contribution in [0.5, 0.6) is 5.75 Å². The van der Waals surface area contributed by atoms with Crippen LogP contribution in [0.25, 0.3) is 16.5 Å². The number of benzene rings is 1. The molecule has 0 radical (unpaired) electrons. The lowest BCUT2D eigenvalue weighted by Gasteiger charge is -2.15. The number of allylic oxidation sites excluding steroid dienone is 4. The molecule has 1 amide bonds. The SMILES string of the molecule is CN(C)CCC1=C2C(=O)C=C(c3ccc4[nH]cc(CCN(C)C)c4c3O)C=C2NC1=O. The summed E-state index contributed by atoms with van der Waals surface area (Å²) in [6.45, 7) is 1.54. The van der Waals surface area contributed by atoms with E-state index in [1.165, 1.54) is 6.08 Å². The fourth-order valence-electron chi connectivity index (χ4n) is 4.11. The number of hydrogen-bond acceptors (Lipinski definition) is 5. The molecular formula is C24H28N4O3. The maximum absolute atomic E-state index is 13.0. The fourth-order valence-corrected chi connectivity index (χ4v) is 4.11. The highest BCUT2D eigenvalue weighted by Crippen LogP contribution is 2.39. The van der Waals surface area contributed by atoms with Crippen molar-refractivity contribution in [2.24, 2.45) is 0 Å². The first-order valence-corrected chi connectivity index (χ1v) is 10.4. The van der Waals surface area contributed by atoms with Crippen molar-refractivity contribution in [1.82, 2.24) is 20.1 Å². The van der Waals surface area contributed by atoms with E-state index in [0.717, 1.165) is 29.4 Å². The highest BCUT2D eigenvalue weighted by atomic mass is 16.3. The lowest BCUT2D eigenvalue weighted by molar-refractivity contribution is -0.116. The summed E-state index contributed by atoms with van der Waals surface area (Å²) in [4.78, 5) is 32.7. The Morgan fingerprint density at radius 2 is 1.68 bits per heavy atom. The number of fused-ring (bicyclic) bond motifs is 2. The number of phenolic OH excluding ortho intramolecular Hbond substituents is 1. The number of carbonyl (C=O) groups excluding carboxylic acids is 2. The number of carbonyl (C=O) groups is 2. The Bertz CT molecular complexity index is 1160. The van der Waals surface area contributed by atoms with Gasteiger partial charge in [0.2, 0.25) is 0 Å². The zero-order chi connectivity index (χ0) is 22.3. The van der Waals surface area contributed by atoms with E-state index in [1.54, 1.807) is 12.1 Å². The van der Waals surface area contributed by atoms with E-state index in [1.807, 2.05) is 45.4 Å². The number of aromatic amines is 1. The fraction of sp³-hybridized carbons (Fsp3) is 0.333. The number of nitrogens with zero attached hydrogens (tertiary/aromatic N) is 2. The predicted molar refractivity (Wildman–Crippen MR) is 122 cm³/mol. The maximum atomic E-state index is 13.0. The summed E-state index contributed by atoms with van der Waals surface area (Å²) in [6, 6.07) is 3.72. The molecule has 0 bridgehead atoms. The van der Waals surface area contributed by atoms with Crippen LogP contribution < -0.4 is 5.32 Å². The van der Waals surface area contributed by atoms with Crippen molar-refractivity contribution >= 4 is 28.2 Å². The molecule has 0 atom stereocenters. The minimum absolute atomic E-state index is 0.146. The number of ketones is 1. The zero-order valence-electron chi connectivity index (χ0n) is 18.4. The number of likely N-dealkylation sites (N-methyl/N-ethyl adjacent to an activating group) is 1. The summed E-state index contributed by atoms with van der Waals surface area (Å²) < 4.78 is 0. The second-order valence-electron chi connectivity index (χ2n) is 8.63. The van der Waals surface area contributed by atoms with Gasteiger partial charge in [0.1, 0.15) is 5.75 Å². The van der Waals surface area contributed by atoms with Gasteiger partial charge in [-0.1, -0.05) is 0 Å². The van der Waals surface area contributed by atoms with Crippen molar-refractivity contribution in [3.63, 3.8) is 0 Å². The molecule has 0 fully saturated rings. The third kappa shape index (κ3) is 3.94. The summed E-state index contributed by atoms with van der Waals surface area (Å²) in [5.74, 6) is -0.281. The zero-order valence-corrected chi connectivity index (χ0v) is 18.4. The van der Waals surface area contributed by atoms with Gasteiger partial charge in [0.15, 0.2) is 5.78 Å². The summed E-state index contributed by atoms with van der Waals surface area (Å²) >= 11 is 0. The number of amides is 1. The van der Waals surface area contributed by atoms with E-state index in [-0.39, 0.29) is 17.4 Å². The van der Waals surface area contributed by atoms with E-state index in [9.17, 15) is 14.7 Å². The lowest BCUT2D eigenvalue weighted by atomic mass is 9.90.